The van der Waals surface area contributed by atoms with Gasteiger partial charge in [0.2, 0.25) is 5.91 Å². The fourth-order valence-electron chi connectivity index (χ4n) is 3.66. The van der Waals surface area contributed by atoms with Gasteiger partial charge in [0.1, 0.15) is 17.3 Å². The summed E-state index contributed by atoms with van der Waals surface area (Å²) in [5, 5.41) is 14.6. The van der Waals surface area contributed by atoms with Crippen LogP contribution in [0.1, 0.15) is 35.9 Å². The van der Waals surface area contributed by atoms with Crippen LogP contribution in [0.5, 0.6) is 11.5 Å². The molecule has 0 aliphatic heterocycles. The van der Waals surface area contributed by atoms with Crippen LogP contribution in [-0.4, -0.2) is 46.0 Å². The quantitative estimate of drug-likeness (QED) is 0.169. The number of carbonyl (C=O) groups excluding carboxylic acids is 2. The van der Waals surface area contributed by atoms with Gasteiger partial charge in [-0.15, -0.1) is 10.2 Å². The van der Waals surface area contributed by atoms with Gasteiger partial charge in [0.05, 0.1) is 26.0 Å². The average Bonchev–Trinajstić information content (AvgIpc) is 3.39. The van der Waals surface area contributed by atoms with E-state index in [2.05, 4.69) is 27.8 Å². The summed E-state index contributed by atoms with van der Waals surface area (Å²) in [6.07, 6.45) is 2.00. The zero-order valence-corrected chi connectivity index (χ0v) is 23.0. The monoisotopic (exact) mass is 563 g/mol. The lowest BCUT2D eigenvalue weighted by Crippen LogP contribution is -2.24. The van der Waals surface area contributed by atoms with Crippen molar-refractivity contribution in [1.29, 1.82) is 0 Å². The third kappa shape index (κ3) is 7.82. The first kappa shape index (κ1) is 28.6. The molecular weight excluding hydrogens is 533 g/mol. The normalized spacial score (nSPS) is 10.7. The summed E-state index contributed by atoms with van der Waals surface area (Å²) in [6, 6.07) is 19.7. The molecule has 0 saturated heterocycles. The van der Waals surface area contributed by atoms with Gasteiger partial charge >= 0.3 is 0 Å². The second-order valence-corrected chi connectivity index (χ2v) is 9.63. The molecule has 0 atom stereocenters. The topological polar surface area (TPSA) is 107 Å². The molecule has 4 aromatic rings. The Balaban J connectivity index is 1.42. The van der Waals surface area contributed by atoms with E-state index in [1.165, 1.54) is 23.9 Å². The van der Waals surface area contributed by atoms with Crippen LogP contribution in [-0.2, 0) is 11.3 Å². The molecule has 208 valence electrons. The van der Waals surface area contributed by atoms with Crippen molar-refractivity contribution in [3.63, 3.8) is 0 Å². The second-order valence-electron chi connectivity index (χ2n) is 8.69. The molecule has 40 heavy (non-hydrogen) atoms. The number of nitrogens with one attached hydrogen (secondary N) is 2. The number of rotatable bonds is 13. The average molecular weight is 564 g/mol. The summed E-state index contributed by atoms with van der Waals surface area (Å²) in [5.74, 6) is 0.971. The van der Waals surface area contributed by atoms with E-state index in [1.54, 1.807) is 72.3 Å². The number of hydrogen-bond donors (Lipinski definition) is 2. The molecule has 1 heterocycles. The van der Waals surface area contributed by atoms with Crippen molar-refractivity contribution in [2.75, 3.05) is 24.8 Å². The number of hydrogen-bond acceptors (Lipinski definition) is 7. The number of anilines is 1. The first-order valence-corrected chi connectivity index (χ1v) is 13.7. The van der Waals surface area contributed by atoms with Crippen molar-refractivity contribution in [1.82, 2.24) is 20.1 Å². The van der Waals surface area contributed by atoms with Gasteiger partial charge in [0, 0.05) is 16.9 Å². The van der Waals surface area contributed by atoms with Gasteiger partial charge in [-0.1, -0.05) is 25.1 Å². The first-order chi connectivity index (χ1) is 19.5. The van der Waals surface area contributed by atoms with E-state index in [9.17, 15) is 14.0 Å². The van der Waals surface area contributed by atoms with E-state index >= 15 is 0 Å². The Morgan fingerprint density at radius 3 is 2.33 bits per heavy atom. The van der Waals surface area contributed by atoms with Crippen LogP contribution in [0.2, 0.25) is 0 Å². The maximum atomic E-state index is 13.6. The maximum Gasteiger partial charge on any atom is 0.251 e. The number of benzene rings is 3. The van der Waals surface area contributed by atoms with E-state index in [0.29, 0.717) is 46.0 Å². The molecule has 0 unspecified atom stereocenters. The van der Waals surface area contributed by atoms with Crippen LogP contribution in [0.4, 0.5) is 10.1 Å². The Labute approximate surface area is 236 Å². The molecule has 3 aromatic carbocycles. The van der Waals surface area contributed by atoms with E-state index in [0.717, 1.165) is 12.8 Å². The van der Waals surface area contributed by atoms with Gasteiger partial charge in [-0.05, 0) is 79.2 Å². The van der Waals surface area contributed by atoms with E-state index in [4.69, 9.17) is 9.47 Å². The molecule has 0 aliphatic carbocycles. The van der Waals surface area contributed by atoms with Crippen molar-refractivity contribution >= 4 is 29.3 Å². The lowest BCUT2D eigenvalue weighted by Gasteiger charge is -2.12. The minimum absolute atomic E-state index is 0.0599. The number of thioether (sulfide) groups is 1. The van der Waals surface area contributed by atoms with Crippen LogP contribution >= 0.6 is 11.8 Å². The number of nitrogens with zero attached hydrogens (tertiary/aromatic N) is 3. The minimum Gasteiger partial charge on any atom is -0.497 e. The molecule has 0 aliphatic rings. The van der Waals surface area contributed by atoms with E-state index < -0.39 is 0 Å². The minimum atomic E-state index is -0.387. The summed E-state index contributed by atoms with van der Waals surface area (Å²) in [4.78, 5) is 25.4. The summed E-state index contributed by atoms with van der Waals surface area (Å²) in [7, 11) is 1.57. The summed E-state index contributed by atoms with van der Waals surface area (Å²) in [5.41, 5.74) is 1.71. The number of ether oxygens (including phenoxy) is 2. The van der Waals surface area contributed by atoms with Crippen molar-refractivity contribution < 1.29 is 23.5 Å². The molecule has 2 N–H and O–H groups in total. The van der Waals surface area contributed by atoms with Crippen molar-refractivity contribution in [3.05, 3.63) is 90.0 Å². The zero-order chi connectivity index (χ0) is 28.3. The number of aromatic nitrogens is 3. The van der Waals surface area contributed by atoms with Crippen LogP contribution in [0.3, 0.4) is 0 Å². The Morgan fingerprint density at radius 1 is 0.950 bits per heavy atom. The molecule has 2 amide bonds. The number of carbonyl (C=O) groups is 2. The van der Waals surface area contributed by atoms with Gasteiger partial charge in [0.25, 0.3) is 5.91 Å². The van der Waals surface area contributed by atoms with Gasteiger partial charge in [-0.25, -0.2) is 4.39 Å². The molecule has 0 radical (unpaired) electrons. The van der Waals surface area contributed by atoms with Crippen molar-refractivity contribution in [3.8, 4) is 17.2 Å². The first-order valence-electron chi connectivity index (χ1n) is 12.7. The molecule has 9 nitrogen and oxygen atoms in total. The lowest BCUT2D eigenvalue weighted by molar-refractivity contribution is -0.113. The standard InChI is InChI=1S/C29H30FN5O4S/c1-3-4-17-39-25-13-5-20(6-14-25)28(37)31-18-26-33-34-29(35(26)23-11-7-21(30)8-12-23)40-19-27(36)32-22-9-15-24(38-2)16-10-22/h5-16H,3-4,17-19H2,1-2H3,(H,31,37)(H,32,36). The van der Waals surface area contributed by atoms with E-state index in [-0.39, 0.29) is 29.9 Å². The highest BCUT2D eigenvalue weighted by atomic mass is 32.2. The van der Waals surface area contributed by atoms with Crippen LogP contribution in [0.25, 0.3) is 5.69 Å². The molecule has 1 aromatic heterocycles. The molecule has 0 bridgehead atoms. The largest absolute Gasteiger partial charge is 0.497 e. The highest BCUT2D eigenvalue weighted by Crippen LogP contribution is 2.23. The number of halogens is 1. The van der Waals surface area contributed by atoms with Crippen molar-refractivity contribution in [2.24, 2.45) is 0 Å². The molecule has 11 heteroatoms. The Bertz CT molecular complexity index is 1410. The predicted octanol–water partition coefficient (Wildman–Crippen LogP) is 5.25. The number of unbranched alkanes of at least 4 members (excludes halogenated alkanes) is 1. The van der Waals surface area contributed by atoms with Crippen LogP contribution in [0, 0.1) is 5.82 Å². The molecule has 4 rings (SSSR count). The second kappa shape index (κ2) is 14.1. The lowest BCUT2D eigenvalue weighted by atomic mass is 10.2. The van der Waals surface area contributed by atoms with Gasteiger partial charge in [-0.3, -0.25) is 14.2 Å². The zero-order valence-electron chi connectivity index (χ0n) is 22.2. The van der Waals surface area contributed by atoms with Gasteiger partial charge < -0.3 is 20.1 Å². The Hall–Kier alpha value is -4.38. The fraction of sp³-hybridized carbons (Fsp3) is 0.241. The molecular formula is C29H30FN5O4S. The Kier molecular flexibility index (Phi) is 10.1. The smallest absolute Gasteiger partial charge is 0.251 e. The van der Waals surface area contributed by atoms with Crippen LogP contribution in [0.15, 0.2) is 78.0 Å². The van der Waals surface area contributed by atoms with Gasteiger partial charge in [0.15, 0.2) is 11.0 Å². The van der Waals surface area contributed by atoms with E-state index in [1.807, 2.05) is 0 Å². The summed E-state index contributed by atoms with van der Waals surface area (Å²) in [6.45, 7) is 2.79. The number of amides is 2. The summed E-state index contributed by atoms with van der Waals surface area (Å²) < 4.78 is 26.1. The Morgan fingerprint density at radius 2 is 1.65 bits per heavy atom. The third-order valence-electron chi connectivity index (χ3n) is 5.78. The molecule has 0 fully saturated rings. The van der Waals surface area contributed by atoms with Crippen molar-refractivity contribution in [2.45, 2.75) is 31.5 Å². The number of methoxy groups -OCH3 is 1. The highest BCUT2D eigenvalue weighted by molar-refractivity contribution is 7.99. The van der Waals surface area contributed by atoms with Crippen LogP contribution < -0.4 is 20.1 Å². The molecule has 0 saturated carbocycles. The SMILES string of the molecule is CCCCOc1ccc(C(=O)NCc2nnc(SCC(=O)Nc3ccc(OC)cc3)n2-c2ccc(F)cc2)cc1. The van der Waals surface area contributed by atoms with Gasteiger partial charge in [-0.2, -0.15) is 0 Å². The fourth-order valence-corrected chi connectivity index (χ4v) is 4.43. The summed E-state index contributed by atoms with van der Waals surface area (Å²) >= 11 is 1.17. The highest BCUT2D eigenvalue weighted by Gasteiger charge is 2.17. The third-order valence-corrected chi connectivity index (χ3v) is 6.71. The molecule has 0 spiro atoms. The maximum absolute atomic E-state index is 13.6. The predicted molar refractivity (Wildman–Crippen MR) is 152 cm³/mol.